The predicted octanol–water partition coefficient (Wildman–Crippen LogP) is 4.53. The molecule has 0 N–H and O–H groups in total. The summed E-state index contributed by atoms with van der Waals surface area (Å²) in [7, 11) is 0. The molecule has 3 nitrogen and oxygen atoms in total. The highest BCUT2D eigenvalue weighted by atomic mass is 16.5. The van der Waals surface area contributed by atoms with E-state index in [0.717, 1.165) is 43.9 Å². The molecule has 0 aromatic heterocycles. The van der Waals surface area contributed by atoms with Crippen LogP contribution >= 0.6 is 0 Å². The fraction of sp³-hybridized carbons (Fsp3) is 0.905. The van der Waals surface area contributed by atoms with Crippen LogP contribution in [0.2, 0.25) is 0 Å². The SMILES string of the molecule is CC(=O)O[C@@H]1CC[C@@]2(C)[C@H](CC[C@@H]3[C@H]2CC[C@]2(C)C(=O)CC[C@H]32)C1. The molecule has 24 heavy (non-hydrogen) atoms. The summed E-state index contributed by atoms with van der Waals surface area (Å²) in [4.78, 5) is 23.8. The molecule has 0 unspecified atom stereocenters. The number of Topliss-reactive ketones (excluding diaryl/α,β-unsaturated/α-hetero) is 1. The molecule has 4 rings (SSSR count). The molecule has 0 aromatic rings. The van der Waals surface area contributed by atoms with Gasteiger partial charge in [0.2, 0.25) is 0 Å². The highest BCUT2D eigenvalue weighted by molar-refractivity contribution is 5.87. The number of fused-ring (bicyclic) bond motifs is 5. The zero-order chi connectivity index (χ0) is 17.1. The number of carbonyl (C=O) groups excluding carboxylic acids is 2. The van der Waals surface area contributed by atoms with Crippen molar-refractivity contribution in [3.8, 4) is 0 Å². The third-order valence-electron chi connectivity index (χ3n) is 8.66. The summed E-state index contributed by atoms with van der Waals surface area (Å²) in [6.45, 7) is 6.30. The van der Waals surface area contributed by atoms with Crippen molar-refractivity contribution in [1.82, 2.24) is 0 Å². The van der Waals surface area contributed by atoms with Crippen LogP contribution in [0.15, 0.2) is 0 Å². The number of hydrogen-bond donors (Lipinski definition) is 0. The Morgan fingerprint density at radius 1 is 1.04 bits per heavy atom. The molecule has 0 bridgehead atoms. The monoisotopic (exact) mass is 332 g/mol. The lowest BCUT2D eigenvalue weighted by Crippen LogP contribution is -2.54. The number of rotatable bonds is 1. The van der Waals surface area contributed by atoms with Gasteiger partial charge in [0.25, 0.3) is 0 Å². The third kappa shape index (κ3) is 2.29. The number of ether oxygens (including phenoxy) is 1. The molecule has 0 aromatic carbocycles. The van der Waals surface area contributed by atoms with Crippen LogP contribution in [0.5, 0.6) is 0 Å². The standard InChI is InChI=1S/C21H32O3/c1-13(22)24-15-8-10-20(2)14(12-15)4-5-16-17-6-7-19(23)21(17,3)11-9-18(16)20/h14-18H,4-12H2,1-3H3/t14-,15-,16+,17-,18-,20+,21+/m1/s1. The van der Waals surface area contributed by atoms with Crippen molar-refractivity contribution in [2.24, 2.45) is 34.5 Å². The molecule has 4 aliphatic carbocycles. The van der Waals surface area contributed by atoms with E-state index in [1.165, 1.54) is 32.6 Å². The first-order valence-corrected chi connectivity index (χ1v) is 10.0. The quantitative estimate of drug-likeness (QED) is 0.663. The largest absolute Gasteiger partial charge is 0.463 e. The van der Waals surface area contributed by atoms with Gasteiger partial charge in [-0.25, -0.2) is 0 Å². The summed E-state index contributed by atoms with van der Waals surface area (Å²) >= 11 is 0. The third-order valence-corrected chi connectivity index (χ3v) is 8.66. The fourth-order valence-electron chi connectivity index (χ4n) is 7.33. The van der Waals surface area contributed by atoms with Crippen molar-refractivity contribution in [2.45, 2.75) is 84.7 Å². The maximum atomic E-state index is 12.5. The fourth-order valence-corrected chi connectivity index (χ4v) is 7.33. The number of ketones is 1. The number of carbonyl (C=O) groups is 2. The van der Waals surface area contributed by atoms with Gasteiger partial charge >= 0.3 is 5.97 Å². The van der Waals surface area contributed by atoms with Crippen molar-refractivity contribution in [3.05, 3.63) is 0 Å². The summed E-state index contributed by atoms with van der Waals surface area (Å²) in [5, 5.41) is 0. The zero-order valence-corrected chi connectivity index (χ0v) is 15.5. The lowest BCUT2D eigenvalue weighted by molar-refractivity contribution is -0.160. The Morgan fingerprint density at radius 2 is 1.83 bits per heavy atom. The van der Waals surface area contributed by atoms with E-state index in [9.17, 15) is 9.59 Å². The summed E-state index contributed by atoms with van der Waals surface area (Å²) in [5.74, 6) is 3.26. The zero-order valence-electron chi connectivity index (χ0n) is 15.5. The van der Waals surface area contributed by atoms with Gasteiger partial charge in [0.15, 0.2) is 0 Å². The van der Waals surface area contributed by atoms with Gasteiger partial charge in [0, 0.05) is 18.8 Å². The molecular weight excluding hydrogens is 300 g/mol. The van der Waals surface area contributed by atoms with Crippen molar-refractivity contribution in [1.29, 1.82) is 0 Å². The van der Waals surface area contributed by atoms with Crippen LogP contribution < -0.4 is 0 Å². The van der Waals surface area contributed by atoms with Gasteiger partial charge in [0.1, 0.15) is 11.9 Å². The minimum Gasteiger partial charge on any atom is -0.463 e. The van der Waals surface area contributed by atoms with Crippen LogP contribution in [0.4, 0.5) is 0 Å². The highest BCUT2D eigenvalue weighted by Gasteiger charge is 2.60. The van der Waals surface area contributed by atoms with Gasteiger partial charge in [-0.05, 0) is 80.5 Å². The first-order chi connectivity index (χ1) is 11.3. The average molecular weight is 332 g/mol. The molecule has 7 atom stereocenters. The summed E-state index contributed by atoms with van der Waals surface area (Å²) in [6.07, 6.45) is 10.2. The van der Waals surface area contributed by atoms with E-state index >= 15 is 0 Å². The summed E-state index contributed by atoms with van der Waals surface area (Å²) < 4.78 is 5.54. The normalized spacial score (nSPS) is 50.6. The Bertz CT molecular complexity index is 555. The number of hydrogen-bond acceptors (Lipinski definition) is 3. The van der Waals surface area contributed by atoms with Gasteiger partial charge in [0.05, 0.1) is 0 Å². The van der Waals surface area contributed by atoms with E-state index in [0.29, 0.717) is 23.0 Å². The molecule has 0 aliphatic heterocycles. The van der Waals surface area contributed by atoms with Gasteiger partial charge in [-0.2, -0.15) is 0 Å². The molecular formula is C21H32O3. The van der Waals surface area contributed by atoms with Crippen molar-refractivity contribution in [2.75, 3.05) is 0 Å². The van der Waals surface area contributed by atoms with Crippen LogP contribution in [-0.2, 0) is 14.3 Å². The first-order valence-electron chi connectivity index (χ1n) is 10.0. The Morgan fingerprint density at radius 3 is 2.58 bits per heavy atom. The lowest BCUT2D eigenvalue weighted by Gasteiger charge is -2.60. The number of esters is 1. The van der Waals surface area contributed by atoms with E-state index in [1.54, 1.807) is 0 Å². The van der Waals surface area contributed by atoms with E-state index < -0.39 is 0 Å². The van der Waals surface area contributed by atoms with Crippen LogP contribution in [0, 0.1) is 34.5 Å². The summed E-state index contributed by atoms with van der Waals surface area (Å²) in [5.41, 5.74) is 0.381. The maximum Gasteiger partial charge on any atom is 0.302 e. The molecule has 0 saturated heterocycles. The van der Waals surface area contributed by atoms with E-state index in [1.807, 2.05) is 0 Å². The van der Waals surface area contributed by atoms with Crippen LogP contribution in [-0.4, -0.2) is 17.9 Å². The molecule has 3 heteroatoms. The smallest absolute Gasteiger partial charge is 0.302 e. The summed E-state index contributed by atoms with van der Waals surface area (Å²) in [6, 6.07) is 0. The molecule has 134 valence electrons. The maximum absolute atomic E-state index is 12.5. The first kappa shape index (κ1) is 16.6. The topological polar surface area (TPSA) is 43.4 Å². The van der Waals surface area contributed by atoms with E-state index in [4.69, 9.17) is 4.74 Å². The van der Waals surface area contributed by atoms with E-state index in [2.05, 4.69) is 13.8 Å². The second kappa shape index (κ2) is 5.57. The molecule has 0 spiro atoms. The lowest BCUT2D eigenvalue weighted by atomic mass is 9.45. The molecule has 0 radical (unpaired) electrons. The Hall–Kier alpha value is -0.860. The van der Waals surface area contributed by atoms with Gasteiger partial charge in [-0.15, -0.1) is 0 Å². The minimum absolute atomic E-state index is 0.0146. The highest BCUT2D eigenvalue weighted by Crippen LogP contribution is 2.65. The van der Waals surface area contributed by atoms with Crippen LogP contribution in [0.3, 0.4) is 0 Å². The molecule has 4 saturated carbocycles. The molecule has 0 heterocycles. The Kier molecular flexibility index (Phi) is 3.85. The van der Waals surface area contributed by atoms with Gasteiger partial charge < -0.3 is 4.74 Å². The van der Waals surface area contributed by atoms with Crippen molar-refractivity contribution >= 4 is 11.8 Å². The van der Waals surface area contributed by atoms with Crippen molar-refractivity contribution in [3.63, 3.8) is 0 Å². The predicted molar refractivity (Wildman–Crippen MR) is 92.3 cm³/mol. The van der Waals surface area contributed by atoms with Crippen LogP contribution in [0.1, 0.15) is 78.6 Å². The molecule has 4 fully saturated rings. The van der Waals surface area contributed by atoms with Crippen LogP contribution in [0.25, 0.3) is 0 Å². The molecule has 0 amide bonds. The van der Waals surface area contributed by atoms with Gasteiger partial charge in [-0.3, -0.25) is 9.59 Å². The average Bonchev–Trinajstić information content (AvgIpc) is 2.83. The van der Waals surface area contributed by atoms with E-state index in [-0.39, 0.29) is 17.5 Å². The van der Waals surface area contributed by atoms with Gasteiger partial charge in [-0.1, -0.05) is 13.8 Å². The second-order valence-corrected chi connectivity index (χ2v) is 9.58. The minimum atomic E-state index is -0.129. The Labute approximate surface area is 145 Å². The second-order valence-electron chi connectivity index (χ2n) is 9.58. The van der Waals surface area contributed by atoms with Crippen molar-refractivity contribution < 1.29 is 14.3 Å². The Balaban J connectivity index is 1.54. The molecule has 4 aliphatic rings.